The van der Waals surface area contributed by atoms with E-state index in [0.717, 1.165) is 11.4 Å². The molecular formula is C15H21N3O2S. The maximum atomic E-state index is 11.6. The lowest BCUT2D eigenvalue weighted by atomic mass is 10.1. The van der Waals surface area contributed by atoms with E-state index in [-0.39, 0.29) is 16.9 Å². The van der Waals surface area contributed by atoms with Crippen molar-refractivity contribution in [3.63, 3.8) is 0 Å². The minimum atomic E-state index is -0.134. The summed E-state index contributed by atoms with van der Waals surface area (Å²) in [6.07, 6.45) is 0.871. The van der Waals surface area contributed by atoms with Crippen LogP contribution in [0.1, 0.15) is 33.6 Å². The number of amides is 2. The van der Waals surface area contributed by atoms with Crippen molar-refractivity contribution >= 4 is 40.5 Å². The van der Waals surface area contributed by atoms with Gasteiger partial charge < -0.3 is 16.0 Å². The van der Waals surface area contributed by atoms with Crippen molar-refractivity contribution in [2.75, 3.05) is 10.6 Å². The van der Waals surface area contributed by atoms with Crippen molar-refractivity contribution in [3.05, 3.63) is 24.3 Å². The molecule has 21 heavy (non-hydrogen) atoms. The predicted molar refractivity (Wildman–Crippen MR) is 89.2 cm³/mol. The van der Waals surface area contributed by atoms with Crippen molar-refractivity contribution in [1.29, 1.82) is 0 Å². The quantitative estimate of drug-likeness (QED) is 0.732. The fourth-order valence-corrected chi connectivity index (χ4v) is 1.83. The number of benzene rings is 1. The zero-order valence-electron chi connectivity index (χ0n) is 12.5. The van der Waals surface area contributed by atoms with Gasteiger partial charge in [0.05, 0.1) is 0 Å². The molecule has 0 aliphatic rings. The number of anilines is 2. The average molecular weight is 307 g/mol. The molecule has 0 aromatic heterocycles. The highest BCUT2D eigenvalue weighted by atomic mass is 32.1. The monoisotopic (exact) mass is 307 g/mol. The zero-order chi connectivity index (χ0) is 15.8. The van der Waals surface area contributed by atoms with E-state index in [4.69, 9.17) is 12.2 Å². The van der Waals surface area contributed by atoms with Crippen LogP contribution < -0.4 is 16.0 Å². The largest absolute Gasteiger partial charge is 0.332 e. The topological polar surface area (TPSA) is 70.2 Å². The first-order chi connectivity index (χ1) is 9.90. The second-order valence-electron chi connectivity index (χ2n) is 5.08. The van der Waals surface area contributed by atoms with Crippen LogP contribution in [-0.4, -0.2) is 16.9 Å². The lowest BCUT2D eigenvalue weighted by molar-refractivity contribution is -0.119. The molecule has 3 N–H and O–H groups in total. The molecule has 0 spiro atoms. The van der Waals surface area contributed by atoms with Crippen molar-refractivity contribution < 1.29 is 9.59 Å². The molecule has 2 amide bonds. The maximum Gasteiger partial charge on any atom is 0.225 e. The number of nitrogens with one attached hydrogen (secondary N) is 3. The summed E-state index contributed by atoms with van der Waals surface area (Å²) < 4.78 is 0. The summed E-state index contributed by atoms with van der Waals surface area (Å²) in [5, 5.41) is 8.55. The van der Waals surface area contributed by atoms with E-state index in [9.17, 15) is 9.59 Å². The van der Waals surface area contributed by atoms with Crippen LogP contribution in [0.5, 0.6) is 0 Å². The average Bonchev–Trinajstić information content (AvgIpc) is 2.39. The molecule has 0 saturated heterocycles. The molecule has 114 valence electrons. The second-order valence-corrected chi connectivity index (χ2v) is 5.49. The van der Waals surface area contributed by atoms with Gasteiger partial charge >= 0.3 is 0 Å². The third-order valence-corrected chi connectivity index (χ3v) is 2.80. The van der Waals surface area contributed by atoms with Crippen molar-refractivity contribution in [2.24, 2.45) is 5.92 Å². The molecule has 0 heterocycles. The van der Waals surface area contributed by atoms with Gasteiger partial charge in [0.15, 0.2) is 5.11 Å². The molecule has 0 unspecified atom stereocenters. The van der Waals surface area contributed by atoms with Crippen molar-refractivity contribution in [2.45, 2.75) is 33.6 Å². The summed E-state index contributed by atoms with van der Waals surface area (Å²) in [6, 6.07) is 7.14. The molecule has 1 rings (SSSR count). The van der Waals surface area contributed by atoms with Gasteiger partial charge in [-0.1, -0.05) is 20.8 Å². The Morgan fingerprint density at radius 3 is 2.05 bits per heavy atom. The molecule has 1 aromatic carbocycles. The van der Waals surface area contributed by atoms with E-state index in [2.05, 4.69) is 16.0 Å². The summed E-state index contributed by atoms with van der Waals surface area (Å²) in [7, 11) is 0. The molecule has 0 atom stereocenters. The van der Waals surface area contributed by atoms with Crippen LogP contribution in [0.25, 0.3) is 0 Å². The molecule has 1 aromatic rings. The maximum absolute atomic E-state index is 11.6. The summed E-state index contributed by atoms with van der Waals surface area (Å²) in [5.41, 5.74) is 1.48. The highest BCUT2D eigenvalue weighted by molar-refractivity contribution is 7.80. The Labute approximate surface area is 130 Å². The Balaban J connectivity index is 2.52. The first-order valence-electron chi connectivity index (χ1n) is 6.91. The van der Waals surface area contributed by atoms with Gasteiger partial charge in [0, 0.05) is 24.2 Å². The molecule has 0 radical (unpaired) electrons. The van der Waals surface area contributed by atoms with Crippen molar-refractivity contribution in [1.82, 2.24) is 5.32 Å². The van der Waals surface area contributed by atoms with Crippen LogP contribution in [0.15, 0.2) is 24.3 Å². The van der Waals surface area contributed by atoms with E-state index in [1.807, 2.05) is 13.8 Å². The van der Waals surface area contributed by atoms with E-state index >= 15 is 0 Å². The fourth-order valence-electron chi connectivity index (χ4n) is 1.60. The Morgan fingerprint density at radius 1 is 1.05 bits per heavy atom. The number of hydrogen-bond donors (Lipinski definition) is 3. The van der Waals surface area contributed by atoms with Crippen LogP contribution in [-0.2, 0) is 9.59 Å². The highest BCUT2D eigenvalue weighted by Crippen LogP contribution is 2.14. The number of thiocarbonyl (C=S) groups is 1. The molecule has 0 aliphatic carbocycles. The van der Waals surface area contributed by atoms with Gasteiger partial charge in [-0.3, -0.25) is 9.59 Å². The highest BCUT2D eigenvalue weighted by Gasteiger charge is 2.06. The van der Waals surface area contributed by atoms with E-state index in [1.165, 1.54) is 0 Å². The molecule has 0 fully saturated rings. The normalized spacial score (nSPS) is 10.1. The molecular weight excluding hydrogens is 286 g/mol. The Bertz CT molecular complexity index is 512. The molecule has 0 saturated carbocycles. The first-order valence-corrected chi connectivity index (χ1v) is 7.32. The van der Waals surface area contributed by atoms with Gasteiger partial charge in [-0.2, -0.15) is 0 Å². The smallest absolute Gasteiger partial charge is 0.225 e. The predicted octanol–water partition coefficient (Wildman–Crippen LogP) is 2.89. The van der Waals surface area contributed by atoms with E-state index in [0.29, 0.717) is 18.8 Å². The molecule has 6 heteroatoms. The summed E-state index contributed by atoms with van der Waals surface area (Å²) in [6.45, 7) is 5.75. The van der Waals surface area contributed by atoms with Crippen molar-refractivity contribution in [3.8, 4) is 0 Å². The number of carbonyl (C=O) groups excluding carboxylic acids is 2. The zero-order valence-corrected chi connectivity index (χ0v) is 13.3. The van der Waals surface area contributed by atoms with Gasteiger partial charge in [-0.25, -0.2) is 0 Å². The Morgan fingerprint density at radius 2 is 1.57 bits per heavy atom. The Hall–Kier alpha value is -1.95. The first kappa shape index (κ1) is 17.1. The second kappa shape index (κ2) is 8.36. The van der Waals surface area contributed by atoms with Crippen LogP contribution in [0.3, 0.4) is 0 Å². The van der Waals surface area contributed by atoms with Gasteiger partial charge in [-0.15, -0.1) is 0 Å². The third-order valence-electron chi connectivity index (χ3n) is 2.59. The van der Waals surface area contributed by atoms with Gasteiger partial charge in [0.2, 0.25) is 11.8 Å². The SMILES string of the molecule is CCC(=O)NC(=S)Nc1ccc(NC(=O)CC(C)C)cc1. The number of rotatable bonds is 5. The molecule has 0 aliphatic heterocycles. The lowest BCUT2D eigenvalue weighted by Crippen LogP contribution is -2.33. The standard InChI is InChI=1S/C15H21N3O2S/c1-4-13(19)18-15(21)17-12-7-5-11(6-8-12)16-14(20)9-10(2)3/h5-8,10H,4,9H2,1-3H3,(H,16,20)(H2,17,18,19,21). The summed E-state index contributed by atoms with van der Waals surface area (Å²) >= 11 is 5.02. The van der Waals surface area contributed by atoms with Crippen LogP contribution in [0, 0.1) is 5.92 Å². The third kappa shape index (κ3) is 6.85. The lowest BCUT2D eigenvalue weighted by Gasteiger charge is -2.10. The van der Waals surface area contributed by atoms with Crippen LogP contribution >= 0.6 is 12.2 Å². The van der Waals surface area contributed by atoms with Gasteiger partial charge in [0.1, 0.15) is 0 Å². The van der Waals surface area contributed by atoms with E-state index in [1.54, 1.807) is 31.2 Å². The van der Waals surface area contributed by atoms with Gasteiger partial charge in [-0.05, 0) is 42.4 Å². The van der Waals surface area contributed by atoms with E-state index < -0.39 is 0 Å². The fraction of sp³-hybridized carbons (Fsp3) is 0.400. The minimum absolute atomic E-state index is 0.00330. The summed E-state index contributed by atoms with van der Waals surface area (Å²) in [4.78, 5) is 22.8. The summed E-state index contributed by atoms with van der Waals surface area (Å²) in [5.74, 6) is 0.187. The number of carbonyl (C=O) groups is 2. The molecule has 0 bridgehead atoms. The van der Waals surface area contributed by atoms with Gasteiger partial charge in [0.25, 0.3) is 0 Å². The Kier molecular flexibility index (Phi) is 6.81. The molecule has 5 nitrogen and oxygen atoms in total. The number of hydrogen-bond acceptors (Lipinski definition) is 3. The van der Waals surface area contributed by atoms with Crippen LogP contribution in [0.4, 0.5) is 11.4 Å². The minimum Gasteiger partial charge on any atom is -0.332 e. The van der Waals surface area contributed by atoms with Crippen LogP contribution in [0.2, 0.25) is 0 Å².